The zero-order valence-corrected chi connectivity index (χ0v) is 19.5. The van der Waals surface area contributed by atoms with Crippen molar-refractivity contribution >= 4 is 28.3 Å². The average Bonchev–Trinajstić information content (AvgIpc) is 3.30. The van der Waals surface area contributed by atoms with Gasteiger partial charge in [-0.3, -0.25) is 14.5 Å². The number of carbonyl (C=O) groups excluding carboxylic acids is 1. The molecule has 10 nitrogen and oxygen atoms in total. The van der Waals surface area contributed by atoms with Crippen LogP contribution in [0.4, 0.5) is 11.5 Å². The zero-order chi connectivity index (χ0) is 23.7. The summed E-state index contributed by atoms with van der Waals surface area (Å²) in [5.41, 5.74) is 3.88. The van der Waals surface area contributed by atoms with Gasteiger partial charge in [-0.25, -0.2) is 0 Å². The molecular weight excluding hydrogens is 430 g/mol. The fraction of sp³-hybridized carbons (Fsp3) is 0.333. The highest BCUT2D eigenvalue weighted by atomic mass is 16.1. The van der Waals surface area contributed by atoms with Crippen LogP contribution < -0.4 is 10.2 Å². The topological polar surface area (TPSA) is 105 Å². The van der Waals surface area contributed by atoms with E-state index in [1.54, 1.807) is 29.2 Å². The molecule has 34 heavy (non-hydrogen) atoms. The van der Waals surface area contributed by atoms with Gasteiger partial charge in [-0.2, -0.15) is 0 Å². The summed E-state index contributed by atoms with van der Waals surface area (Å²) in [6.45, 7) is 1.72. The van der Waals surface area contributed by atoms with Crippen LogP contribution in [0, 0.1) is 0 Å². The highest BCUT2D eigenvalue weighted by Crippen LogP contribution is 2.36. The Balaban J connectivity index is 1.58. The Morgan fingerprint density at radius 2 is 1.82 bits per heavy atom. The van der Waals surface area contributed by atoms with Gasteiger partial charge in [-0.1, -0.05) is 11.3 Å². The van der Waals surface area contributed by atoms with Crippen LogP contribution in [0.15, 0.2) is 48.9 Å². The van der Waals surface area contributed by atoms with Gasteiger partial charge >= 0.3 is 0 Å². The number of aromatic nitrogens is 6. The van der Waals surface area contributed by atoms with Gasteiger partial charge in [0.2, 0.25) is 0 Å². The maximum absolute atomic E-state index is 13.0. The molecule has 0 spiro atoms. The number of nitrogens with zero attached hydrogens (tertiary/aromatic N) is 8. The van der Waals surface area contributed by atoms with Crippen molar-refractivity contribution in [2.75, 3.05) is 37.4 Å². The maximum atomic E-state index is 13.0. The third-order valence-electron chi connectivity index (χ3n) is 6.32. The fourth-order valence-electron chi connectivity index (χ4n) is 4.42. The lowest BCUT2D eigenvalue weighted by molar-refractivity contribution is 0.102. The number of rotatable bonds is 5. The molecular formula is C24H27N9O. The second-order valence-corrected chi connectivity index (χ2v) is 8.78. The van der Waals surface area contributed by atoms with Crippen LogP contribution in [-0.2, 0) is 7.05 Å². The molecule has 1 aliphatic heterocycles. The second kappa shape index (κ2) is 9.14. The van der Waals surface area contributed by atoms with Gasteiger partial charge in [0.15, 0.2) is 5.82 Å². The van der Waals surface area contributed by atoms with Gasteiger partial charge in [0.25, 0.3) is 5.91 Å². The molecule has 4 aromatic rings. The first-order chi connectivity index (χ1) is 16.5. The Bertz CT molecular complexity index is 1310. The van der Waals surface area contributed by atoms with E-state index in [-0.39, 0.29) is 5.91 Å². The van der Waals surface area contributed by atoms with Crippen LogP contribution in [-0.4, -0.2) is 74.2 Å². The van der Waals surface area contributed by atoms with Gasteiger partial charge in [0, 0.05) is 55.1 Å². The summed E-state index contributed by atoms with van der Waals surface area (Å²) >= 11 is 0. The minimum absolute atomic E-state index is 0.245. The van der Waals surface area contributed by atoms with Crippen LogP contribution >= 0.6 is 0 Å². The van der Waals surface area contributed by atoms with Crippen molar-refractivity contribution in [2.24, 2.45) is 7.05 Å². The largest absolute Gasteiger partial charge is 0.368 e. The van der Waals surface area contributed by atoms with Crippen LogP contribution in [0.5, 0.6) is 0 Å². The molecule has 4 heterocycles. The number of hydrogen-bond acceptors (Lipinski definition) is 8. The maximum Gasteiger partial charge on any atom is 0.257 e. The lowest BCUT2D eigenvalue weighted by Gasteiger charge is -2.37. The summed E-state index contributed by atoms with van der Waals surface area (Å²) < 4.78 is 1.68. The molecule has 0 bridgehead atoms. The number of piperidine rings is 1. The Morgan fingerprint density at radius 1 is 1.06 bits per heavy atom. The van der Waals surface area contributed by atoms with Crippen LogP contribution in [0.3, 0.4) is 0 Å². The van der Waals surface area contributed by atoms with Crippen LogP contribution in [0.2, 0.25) is 0 Å². The first-order valence-corrected chi connectivity index (χ1v) is 11.3. The van der Waals surface area contributed by atoms with Crippen LogP contribution in [0.25, 0.3) is 22.2 Å². The normalized spacial score (nSPS) is 14.6. The molecule has 1 saturated heterocycles. The molecule has 10 heteroatoms. The first-order valence-electron chi connectivity index (χ1n) is 11.3. The smallest absolute Gasteiger partial charge is 0.257 e. The zero-order valence-electron chi connectivity index (χ0n) is 19.5. The van der Waals surface area contributed by atoms with Crippen molar-refractivity contribution in [1.29, 1.82) is 0 Å². The van der Waals surface area contributed by atoms with Crippen LogP contribution in [0.1, 0.15) is 23.2 Å². The lowest BCUT2D eigenvalue weighted by atomic mass is 10.0. The van der Waals surface area contributed by atoms with E-state index in [9.17, 15) is 4.79 Å². The number of hydrogen-bond donors (Lipinski definition) is 1. The molecule has 1 N–H and O–H groups in total. The highest BCUT2D eigenvalue weighted by Gasteiger charge is 2.26. The van der Waals surface area contributed by atoms with E-state index < -0.39 is 0 Å². The Kier molecular flexibility index (Phi) is 5.89. The fourth-order valence-corrected chi connectivity index (χ4v) is 4.42. The van der Waals surface area contributed by atoms with Crippen molar-refractivity contribution < 1.29 is 4.79 Å². The number of fused-ring (bicyclic) bond motifs is 1. The van der Waals surface area contributed by atoms with Gasteiger partial charge in [0.05, 0.1) is 17.4 Å². The molecule has 0 atom stereocenters. The standard InChI is InChI=1S/C24H27N9O/c1-31(2)18-8-12-33(13-9-18)22-19-14-17(21-15-32(3)30-28-21)4-5-20(19)27-29-23(22)26-24(34)16-6-10-25-11-7-16/h4-7,10-11,14-15,18H,8-9,12-13H2,1-3H3,(H,26,29,34). The molecule has 5 rings (SSSR count). The number of amides is 1. The summed E-state index contributed by atoms with van der Waals surface area (Å²) in [6.07, 6.45) is 7.13. The minimum atomic E-state index is -0.245. The van der Waals surface area contributed by atoms with E-state index in [0.29, 0.717) is 17.4 Å². The van der Waals surface area contributed by atoms with Gasteiger partial charge in [-0.05, 0) is 51.2 Å². The molecule has 174 valence electrons. The Labute approximate surface area is 197 Å². The number of anilines is 2. The number of aryl methyl sites for hydroxylation is 1. The third-order valence-corrected chi connectivity index (χ3v) is 6.32. The lowest BCUT2D eigenvalue weighted by Crippen LogP contribution is -2.42. The molecule has 1 aliphatic rings. The first kappa shape index (κ1) is 21.9. The predicted molar refractivity (Wildman–Crippen MR) is 131 cm³/mol. The van der Waals surface area contributed by atoms with Crippen molar-refractivity contribution in [3.05, 3.63) is 54.5 Å². The average molecular weight is 458 g/mol. The third kappa shape index (κ3) is 4.32. The summed E-state index contributed by atoms with van der Waals surface area (Å²) in [5, 5.41) is 21.1. The molecule has 0 saturated carbocycles. The van der Waals surface area contributed by atoms with Crippen molar-refractivity contribution in [2.45, 2.75) is 18.9 Å². The van der Waals surface area contributed by atoms with E-state index in [0.717, 1.165) is 53.8 Å². The molecule has 3 aromatic heterocycles. The predicted octanol–water partition coefficient (Wildman–Crippen LogP) is 2.60. The SMILES string of the molecule is CN(C)C1CCN(c2c(NC(=O)c3ccncc3)nnc3ccc(-c4cn(C)nn4)cc23)CC1. The van der Waals surface area contributed by atoms with Gasteiger partial charge in [-0.15, -0.1) is 15.3 Å². The monoisotopic (exact) mass is 457 g/mol. The summed E-state index contributed by atoms with van der Waals surface area (Å²) in [4.78, 5) is 21.5. The van der Waals surface area contributed by atoms with Gasteiger partial charge in [0.1, 0.15) is 5.69 Å². The molecule has 1 amide bonds. The summed E-state index contributed by atoms with van der Waals surface area (Å²) in [7, 11) is 6.09. The van der Waals surface area contributed by atoms with Crippen molar-refractivity contribution in [3.8, 4) is 11.3 Å². The van der Waals surface area contributed by atoms with Gasteiger partial charge < -0.3 is 15.1 Å². The number of pyridine rings is 1. The highest BCUT2D eigenvalue weighted by molar-refractivity contribution is 6.08. The summed E-state index contributed by atoms with van der Waals surface area (Å²) in [5.74, 6) is 0.208. The molecule has 0 unspecified atom stereocenters. The Hall–Kier alpha value is -3.92. The van der Waals surface area contributed by atoms with Crippen molar-refractivity contribution in [3.63, 3.8) is 0 Å². The minimum Gasteiger partial charge on any atom is -0.368 e. The number of carbonyl (C=O) groups is 1. The van der Waals surface area contributed by atoms with E-state index in [2.05, 4.69) is 60.8 Å². The molecule has 0 radical (unpaired) electrons. The molecule has 1 aromatic carbocycles. The van der Waals surface area contributed by atoms with E-state index in [1.807, 2.05) is 25.4 Å². The second-order valence-electron chi connectivity index (χ2n) is 8.78. The number of benzene rings is 1. The quantitative estimate of drug-likeness (QED) is 0.488. The summed E-state index contributed by atoms with van der Waals surface area (Å²) in [6, 6.07) is 9.86. The van der Waals surface area contributed by atoms with Crippen molar-refractivity contribution in [1.82, 2.24) is 35.1 Å². The number of nitrogens with one attached hydrogen (secondary N) is 1. The Morgan fingerprint density at radius 3 is 2.50 bits per heavy atom. The van der Waals surface area contributed by atoms with E-state index >= 15 is 0 Å². The van der Waals surface area contributed by atoms with E-state index in [1.165, 1.54) is 0 Å². The van der Waals surface area contributed by atoms with E-state index in [4.69, 9.17) is 0 Å². The molecule has 0 aliphatic carbocycles. The molecule has 1 fully saturated rings.